The fourth-order valence-electron chi connectivity index (χ4n) is 1.98. The molecular formula is C15H17FN2O3S. The van der Waals surface area contributed by atoms with Crippen LogP contribution < -0.4 is 5.32 Å². The van der Waals surface area contributed by atoms with Crippen LogP contribution in [0.15, 0.2) is 29.6 Å². The lowest BCUT2D eigenvalue weighted by atomic mass is 9.94. The molecule has 5 nitrogen and oxygen atoms in total. The summed E-state index contributed by atoms with van der Waals surface area (Å²) in [7, 11) is 1.35. The number of anilines is 1. The minimum absolute atomic E-state index is 0.0118. The molecule has 0 bridgehead atoms. The van der Waals surface area contributed by atoms with Gasteiger partial charge in [0, 0.05) is 31.1 Å². The molecule has 2 rings (SSSR count). The van der Waals surface area contributed by atoms with Crippen LogP contribution in [-0.2, 0) is 21.6 Å². The number of carbonyl (C=O) groups excluding carboxylic acids is 1. The zero-order chi connectivity index (χ0) is 16.2. The van der Waals surface area contributed by atoms with Crippen LogP contribution in [0.2, 0.25) is 0 Å². The molecular weight excluding hydrogens is 307 g/mol. The Balaban J connectivity index is 2.22. The standard InChI is InChI=1S/C15H17FN2O3S/c1-15(21-2,11-5-3-4-6-12(11)16)13(20)18-14-17-10(7-8-19)9-22-14/h3-6,9,19H,7-8H2,1-2H3,(H,17,18,20). The van der Waals surface area contributed by atoms with Gasteiger partial charge < -0.3 is 9.84 Å². The first-order chi connectivity index (χ1) is 10.5. The highest BCUT2D eigenvalue weighted by Crippen LogP contribution is 2.29. The van der Waals surface area contributed by atoms with E-state index in [1.807, 2.05) is 0 Å². The molecule has 0 saturated heterocycles. The molecule has 7 heteroatoms. The van der Waals surface area contributed by atoms with Gasteiger partial charge in [-0.3, -0.25) is 10.1 Å². The highest BCUT2D eigenvalue weighted by molar-refractivity contribution is 7.13. The van der Waals surface area contributed by atoms with E-state index in [-0.39, 0.29) is 12.2 Å². The monoisotopic (exact) mass is 324 g/mol. The van der Waals surface area contributed by atoms with Crippen molar-refractivity contribution in [2.24, 2.45) is 0 Å². The van der Waals surface area contributed by atoms with Gasteiger partial charge in [0.2, 0.25) is 0 Å². The van der Waals surface area contributed by atoms with Crippen molar-refractivity contribution in [2.75, 3.05) is 19.0 Å². The van der Waals surface area contributed by atoms with E-state index in [0.717, 1.165) is 0 Å². The number of nitrogens with zero attached hydrogens (tertiary/aromatic N) is 1. The predicted molar refractivity (Wildman–Crippen MR) is 82.3 cm³/mol. The van der Waals surface area contributed by atoms with E-state index in [4.69, 9.17) is 9.84 Å². The second-order valence-electron chi connectivity index (χ2n) is 4.79. The fraction of sp³-hybridized carbons (Fsp3) is 0.333. The first-order valence-corrected chi connectivity index (χ1v) is 7.56. The number of methoxy groups -OCH3 is 1. The molecule has 2 N–H and O–H groups in total. The van der Waals surface area contributed by atoms with Crippen LogP contribution >= 0.6 is 11.3 Å². The minimum Gasteiger partial charge on any atom is -0.396 e. The number of benzene rings is 1. The molecule has 118 valence electrons. The number of ether oxygens (including phenoxy) is 1. The van der Waals surface area contributed by atoms with Crippen LogP contribution in [0.4, 0.5) is 9.52 Å². The molecule has 1 atom stereocenters. The number of nitrogens with one attached hydrogen (secondary N) is 1. The Kier molecular flexibility index (Phi) is 5.23. The van der Waals surface area contributed by atoms with Crippen molar-refractivity contribution in [1.82, 2.24) is 4.98 Å². The third kappa shape index (κ3) is 3.32. The van der Waals surface area contributed by atoms with Crippen molar-refractivity contribution in [3.05, 3.63) is 46.7 Å². The van der Waals surface area contributed by atoms with E-state index in [2.05, 4.69) is 10.3 Å². The molecule has 1 unspecified atom stereocenters. The lowest BCUT2D eigenvalue weighted by Crippen LogP contribution is -2.40. The predicted octanol–water partition coefficient (Wildman–Crippen LogP) is 2.32. The van der Waals surface area contributed by atoms with E-state index in [1.54, 1.807) is 17.5 Å². The fourth-order valence-corrected chi connectivity index (χ4v) is 2.72. The van der Waals surface area contributed by atoms with Crippen LogP contribution in [0.25, 0.3) is 0 Å². The number of aliphatic hydroxyl groups is 1. The maximum absolute atomic E-state index is 14.0. The lowest BCUT2D eigenvalue weighted by molar-refractivity contribution is -0.137. The SMILES string of the molecule is COC(C)(C(=O)Nc1nc(CCO)cs1)c1ccccc1F. The molecule has 0 radical (unpaired) electrons. The quantitative estimate of drug-likeness (QED) is 0.855. The highest BCUT2D eigenvalue weighted by atomic mass is 32.1. The van der Waals surface area contributed by atoms with Gasteiger partial charge in [0.15, 0.2) is 10.7 Å². The molecule has 0 aliphatic heterocycles. The summed E-state index contributed by atoms with van der Waals surface area (Å²) in [6.45, 7) is 1.49. The van der Waals surface area contributed by atoms with Gasteiger partial charge in [-0.2, -0.15) is 0 Å². The smallest absolute Gasteiger partial charge is 0.262 e. The first kappa shape index (κ1) is 16.5. The van der Waals surface area contributed by atoms with Crippen molar-refractivity contribution in [2.45, 2.75) is 18.9 Å². The number of rotatable bonds is 6. The van der Waals surface area contributed by atoms with Gasteiger partial charge >= 0.3 is 0 Å². The lowest BCUT2D eigenvalue weighted by Gasteiger charge is -2.27. The number of thiazole rings is 1. The molecule has 1 aromatic carbocycles. The van der Waals surface area contributed by atoms with Crippen LogP contribution in [0.5, 0.6) is 0 Å². The zero-order valence-electron chi connectivity index (χ0n) is 12.3. The van der Waals surface area contributed by atoms with Crippen molar-refractivity contribution in [3.63, 3.8) is 0 Å². The zero-order valence-corrected chi connectivity index (χ0v) is 13.1. The maximum Gasteiger partial charge on any atom is 0.262 e. The molecule has 0 spiro atoms. The van der Waals surface area contributed by atoms with Crippen molar-refractivity contribution in [3.8, 4) is 0 Å². The average Bonchev–Trinajstić information content (AvgIpc) is 2.94. The Labute approximate surface area is 131 Å². The number of halogens is 1. The first-order valence-electron chi connectivity index (χ1n) is 6.68. The van der Waals surface area contributed by atoms with Gasteiger partial charge in [0.25, 0.3) is 5.91 Å². The van der Waals surface area contributed by atoms with Crippen LogP contribution in [0, 0.1) is 5.82 Å². The molecule has 0 fully saturated rings. The Hall–Kier alpha value is -1.83. The molecule has 1 aromatic heterocycles. The minimum atomic E-state index is -1.46. The summed E-state index contributed by atoms with van der Waals surface area (Å²) in [5, 5.41) is 13.6. The number of hydrogen-bond acceptors (Lipinski definition) is 5. The van der Waals surface area contributed by atoms with Gasteiger partial charge in [-0.25, -0.2) is 9.37 Å². The number of hydrogen-bond donors (Lipinski definition) is 2. The van der Waals surface area contributed by atoms with Gasteiger partial charge in [-0.15, -0.1) is 11.3 Å². The summed E-state index contributed by atoms with van der Waals surface area (Å²) in [4.78, 5) is 16.7. The summed E-state index contributed by atoms with van der Waals surface area (Å²) in [5.74, 6) is -1.02. The average molecular weight is 324 g/mol. The Bertz CT molecular complexity index is 662. The third-order valence-corrected chi connectivity index (χ3v) is 4.18. The molecule has 2 aromatic rings. The van der Waals surface area contributed by atoms with E-state index >= 15 is 0 Å². The van der Waals surface area contributed by atoms with E-state index in [1.165, 1.54) is 37.5 Å². The normalized spacial score (nSPS) is 13.6. The largest absolute Gasteiger partial charge is 0.396 e. The van der Waals surface area contributed by atoms with Crippen molar-refractivity contribution < 1.29 is 19.0 Å². The highest BCUT2D eigenvalue weighted by Gasteiger charge is 2.38. The van der Waals surface area contributed by atoms with E-state index in [0.29, 0.717) is 17.2 Å². The molecule has 0 aliphatic rings. The van der Waals surface area contributed by atoms with Crippen molar-refractivity contribution in [1.29, 1.82) is 0 Å². The summed E-state index contributed by atoms with van der Waals surface area (Å²) < 4.78 is 19.3. The van der Waals surface area contributed by atoms with Gasteiger partial charge in [-0.05, 0) is 13.0 Å². The van der Waals surface area contributed by atoms with Crippen LogP contribution in [-0.4, -0.2) is 29.7 Å². The van der Waals surface area contributed by atoms with Gasteiger partial charge in [0.1, 0.15) is 5.82 Å². The van der Waals surface area contributed by atoms with Crippen molar-refractivity contribution >= 4 is 22.4 Å². The second kappa shape index (κ2) is 6.95. The maximum atomic E-state index is 14.0. The number of aliphatic hydroxyl groups excluding tert-OH is 1. The molecule has 1 heterocycles. The van der Waals surface area contributed by atoms with Crippen LogP contribution in [0.1, 0.15) is 18.2 Å². The molecule has 0 saturated carbocycles. The molecule has 0 aliphatic carbocycles. The molecule has 1 amide bonds. The summed E-state index contributed by atoms with van der Waals surface area (Å²) in [5.41, 5.74) is -0.622. The Morgan fingerprint density at radius 1 is 1.50 bits per heavy atom. The third-order valence-electron chi connectivity index (χ3n) is 3.37. The summed E-state index contributed by atoms with van der Waals surface area (Å²) >= 11 is 1.24. The number of aromatic nitrogens is 1. The van der Waals surface area contributed by atoms with E-state index in [9.17, 15) is 9.18 Å². The number of carbonyl (C=O) groups is 1. The van der Waals surface area contributed by atoms with Gasteiger partial charge in [0.05, 0.1) is 5.69 Å². The topological polar surface area (TPSA) is 71.5 Å². The molecule has 22 heavy (non-hydrogen) atoms. The summed E-state index contributed by atoms with van der Waals surface area (Å²) in [6, 6.07) is 5.99. The Morgan fingerprint density at radius 2 is 2.23 bits per heavy atom. The Morgan fingerprint density at radius 3 is 2.86 bits per heavy atom. The van der Waals surface area contributed by atoms with Crippen LogP contribution in [0.3, 0.4) is 0 Å². The van der Waals surface area contributed by atoms with E-state index < -0.39 is 17.3 Å². The second-order valence-corrected chi connectivity index (χ2v) is 5.65. The van der Waals surface area contributed by atoms with Gasteiger partial charge in [-0.1, -0.05) is 18.2 Å². The number of amides is 1. The summed E-state index contributed by atoms with van der Waals surface area (Å²) in [6.07, 6.45) is 0.418.